The van der Waals surface area contributed by atoms with E-state index in [1.54, 1.807) is 0 Å². The Kier molecular flexibility index (Phi) is 5.90. The number of rotatable bonds is 6. The Morgan fingerprint density at radius 3 is 2.46 bits per heavy atom. The van der Waals surface area contributed by atoms with Crippen LogP contribution < -0.4 is 10.6 Å². The highest BCUT2D eigenvalue weighted by Crippen LogP contribution is 2.17. The third-order valence-electron chi connectivity index (χ3n) is 4.48. The van der Waals surface area contributed by atoms with Gasteiger partial charge in [0.25, 0.3) is 0 Å². The SMILES string of the molecule is CN=C(NCCN1CCc2ccccc2C1)NCCn1cccc1. The summed E-state index contributed by atoms with van der Waals surface area (Å²) in [4.78, 5) is 6.79. The van der Waals surface area contributed by atoms with Gasteiger partial charge in [-0.05, 0) is 29.7 Å². The molecule has 0 amide bonds. The quantitative estimate of drug-likeness (QED) is 0.628. The highest BCUT2D eigenvalue weighted by atomic mass is 15.2. The van der Waals surface area contributed by atoms with E-state index in [-0.39, 0.29) is 0 Å². The zero-order chi connectivity index (χ0) is 16.6. The lowest BCUT2D eigenvalue weighted by Crippen LogP contribution is -2.43. The van der Waals surface area contributed by atoms with Gasteiger partial charge in [-0.15, -0.1) is 0 Å². The van der Waals surface area contributed by atoms with Crippen LogP contribution >= 0.6 is 0 Å². The minimum Gasteiger partial charge on any atom is -0.355 e. The molecule has 1 aromatic carbocycles. The maximum absolute atomic E-state index is 4.29. The average molecular weight is 325 g/mol. The van der Waals surface area contributed by atoms with Gasteiger partial charge in [-0.1, -0.05) is 24.3 Å². The van der Waals surface area contributed by atoms with Gasteiger partial charge < -0.3 is 15.2 Å². The van der Waals surface area contributed by atoms with Crippen LogP contribution in [0.25, 0.3) is 0 Å². The second-order valence-electron chi connectivity index (χ2n) is 6.14. The van der Waals surface area contributed by atoms with Crippen LogP contribution in [-0.2, 0) is 19.5 Å². The Labute approximate surface area is 144 Å². The molecule has 5 nitrogen and oxygen atoms in total. The maximum atomic E-state index is 4.29. The summed E-state index contributed by atoms with van der Waals surface area (Å²) in [7, 11) is 1.82. The van der Waals surface area contributed by atoms with Gasteiger partial charge in [0.2, 0.25) is 0 Å². The van der Waals surface area contributed by atoms with Crippen molar-refractivity contribution in [2.45, 2.75) is 19.5 Å². The van der Waals surface area contributed by atoms with Crippen LogP contribution in [0, 0.1) is 0 Å². The lowest BCUT2D eigenvalue weighted by atomic mass is 10.00. The molecule has 1 aliphatic rings. The van der Waals surface area contributed by atoms with E-state index >= 15 is 0 Å². The van der Waals surface area contributed by atoms with E-state index in [1.165, 1.54) is 11.1 Å². The van der Waals surface area contributed by atoms with Crippen molar-refractivity contribution in [3.63, 3.8) is 0 Å². The Morgan fingerprint density at radius 1 is 1.00 bits per heavy atom. The number of fused-ring (bicyclic) bond motifs is 1. The molecule has 2 aromatic rings. The van der Waals surface area contributed by atoms with Gasteiger partial charge in [0, 0.05) is 58.7 Å². The van der Waals surface area contributed by atoms with Crippen molar-refractivity contribution in [3.05, 3.63) is 59.9 Å². The van der Waals surface area contributed by atoms with E-state index in [1.807, 2.05) is 19.2 Å². The first-order valence-electron chi connectivity index (χ1n) is 8.69. The predicted molar refractivity (Wildman–Crippen MR) is 99.2 cm³/mol. The molecule has 1 aliphatic heterocycles. The van der Waals surface area contributed by atoms with Crippen LogP contribution in [0.3, 0.4) is 0 Å². The Bertz CT molecular complexity index is 648. The predicted octanol–water partition coefficient (Wildman–Crippen LogP) is 1.71. The minimum atomic E-state index is 0.867. The van der Waals surface area contributed by atoms with Crippen LogP contribution in [0.1, 0.15) is 11.1 Å². The summed E-state index contributed by atoms with van der Waals surface area (Å²) in [6.45, 7) is 5.94. The molecule has 2 N–H and O–H groups in total. The third-order valence-corrected chi connectivity index (χ3v) is 4.48. The Hall–Kier alpha value is -2.27. The van der Waals surface area contributed by atoms with Crippen molar-refractivity contribution in [1.82, 2.24) is 20.1 Å². The number of hydrogen-bond acceptors (Lipinski definition) is 2. The molecule has 0 spiro atoms. The lowest BCUT2D eigenvalue weighted by molar-refractivity contribution is 0.258. The zero-order valence-electron chi connectivity index (χ0n) is 14.4. The van der Waals surface area contributed by atoms with Gasteiger partial charge in [0.1, 0.15) is 0 Å². The first kappa shape index (κ1) is 16.6. The second-order valence-corrected chi connectivity index (χ2v) is 6.14. The summed E-state index contributed by atoms with van der Waals surface area (Å²) in [5, 5.41) is 6.77. The van der Waals surface area contributed by atoms with Gasteiger partial charge in [0.15, 0.2) is 5.96 Å². The normalized spacial score (nSPS) is 15.1. The molecular formula is C19H27N5. The molecule has 0 saturated heterocycles. The molecule has 0 unspecified atom stereocenters. The first-order valence-corrected chi connectivity index (χ1v) is 8.69. The fourth-order valence-electron chi connectivity index (χ4n) is 3.12. The Balaban J connectivity index is 1.36. The highest BCUT2D eigenvalue weighted by Gasteiger charge is 2.14. The standard InChI is InChI=1S/C19H27N5/c1-20-19(21-9-14-23-11-4-5-12-23)22-10-15-24-13-8-17-6-2-3-7-18(17)16-24/h2-7,11-12H,8-10,13-16H2,1H3,(H2,20,21,22). The molecule has 24 heavy (non-hydrogen) atoms. The number of hydrogen-bond donors (Lipinski definition) is 2. The van der Waals surface area contributed by atoms with E-state index in [0.29, 0.717) is 0 Å². The monoisotopic (exact) mass is 325 g/mol. The van der Waals surface area contributed by atoms with Crippen LogP contribution in [0.5, 0.6) is 0 Å². The third kappa shape index (κ3) is 4.61. The van der Waals surface area contributed by atoms with Crippen LogP contribution in [0.4, 0.5) is 0 Å². The van der Waals surface area contributed by atoms with E-state index in [0.717, 1.165) is 51.6 Å². The lowest BCUT2D eigenvalue weighted by Gasteiger charge is -2.28. The van der Waals surface area contributed by atoms with E-state index < -0.39 is 0 Å². The fraction of sp³-hybridized carbons (Fsp3) is 0.421. The number of aliphatic imine (C=N–C) groups is 1. The molecule has 5 heteroatoms. The van der Waals surface area contributed by atoms with Crippen molar-refractivity contribution in [2.75, 3.05) is 33.2 Å². The number of benzene rings is 1. The first-order chi connectivity index (χ1) is 11.8. The smallest absolute Gasteiger partial charge is 0.191 e. The second kappa shape index (κ2) is 8.55. The minimum absolute atomic E-state index is 0.867. The summed E-state index contributed by atoms with van der Waals surface area (Å²) in [5.41, 5.74) is 2.97. The van der Waals surface area contributed by atoms with Gasteiger partial charge in [-0.25, -0.2) is 0 Å². The molecule has 0 atom stereocenters. The molecule has 0 aliphatic carbocycles. The molecule has 0 saturated carbocycles. The summed E-state index contributed by atoms with van der Waals surface area (Å²) >= 11 is 0. The fourth-order valence-corrected chi connectivity index (χ4v) is 3.12. The summed E-state index contributed by atoms with van der Waals surface area (Å²) in [6.07, 6.45) is 5.30. The molecular weight excluding hydrogens is 298 g/mol. The Morgan fingerprint density at radius 2 is 1.71 bits per heavy atom. The van der Waals surface area contributed by atoms with Crippen molar-refractivity contribution < 1.29 is 0 Å². The molecule has 2 heterocycles. The van der Waals surface area contributed by atoms with Gasteiger partial charge in [0.05, 0.1) is 0 Å². The van der Waals surface area contributed by atoms with Gasteiger partial charge >= 0.3 is 0 Å². The van der Waals surface area contributed by atoms with Gasteiger partial charge in [-0.2, -0.15) is 0 Å². The number of nitrogens with one attached hydrogen (secondary N) is 2. The van der Waals surface area contributed by atoms with Crippen molar-refractivity contribution >= 4 is 5.96 Å². The number of aromatic nitrogens is 1. The van der Waals surface area contributed by atoms with Crippen molar-refractivity contribution in [3.8, 4) is 0 Å². The molecule has 128 valence electrons. The summed E-state index contributed by atoms with van der Waals surface area (Å²) in [5.74, 6) is 0.875. The van der Waals surface area contributed by atoms with Crippen LogP contribution in [0.2, 0.25) is 0 Å². The van der Waals surface area contributed by atoms with E-state index in [2.05, 4.69) is 61.8 Å². The van der Waals surface area contributed by atoms with Gasteiger partial charge in [-0.3, -0.25) is 9.89 Å². The van der Waals surface area contributed by atoms with Crippen molar-refractivity contribution in [2.24, 2.45) is 4.99 Å². The molecule has 3 rings (SSSR count). The largest absolute Gasteiger partial charge is 0.355 e. The molecule has 0 radical (unpaired) electrons. The topological polar surface area (TPSA) is 44.6 Å². The number of nitrogens with zero attached hydrogens (tertiary/aromatic N) is 3. The summed E-state index contributed by atoms with van der Waals surface area (Å²) < 4.78 is 2.16. The van der Waals surface area contributed by atoms with Crippen LogP contribution in [0.15, 0.2) is 53.8 Å². The average Bonchev–Trinajstić information content (AvgIpc) is 3.13. The highest BCUT2D eigenvalue weighted by molar-refractivity contribution is 5.79. The maximum Gasteiger partial charge on any atom is 0.191 e. The van der Waals surface area contributed by atoms with E-state index in [9.17, 15) is 0 Å². The zero-order valence-corrected chi connectivity index (χ0v) is 14.4. The van der Waals surface area contributed by atoms with Crippen LogP contribution in [-0.4, -0.2) is 48.7 Å². The summed E-state index contributed by atoms with van der Waals surface area (Å²) in [6, 6.07) is 12.9. The van der Waals surface area contributed by atoms with E-state index in [4.69, 9.17) is 0 Å². The molecule has 0 bridgehead atoms. The molecule has 0 fully saturated rings. The molecule has 1 aromatic heterocycles. The number of guanidine groups is 1. The van der Waals surface area contributed by atoms with Crippen molar-refractivity contribution in [1.29, 1.82) is 0 Å².